The van der Waals surface area contributed by atoms with Crippen molar-refractivity contribution in [1.29, 1.82) is 0 Å². The fourth-order valence-electron chi connectivity index (χ4n) is 12.8. The van der Waals surface area contributed by atoms with E-state index in [0.717, 1.165) is 42.4 Å². The normalized spacial score (nSPS) is 25.6. The van der Waals surface area contributed by atoms with Crippen LogP contribution in [0.2, 0.25) is 0 Å². The topological polar surface area (TPSA) is 220 Å². The maximum atomic E-state index is 14.0. The third-order valence-electron chi connectivity index (χ3n) is 17.5. The molecule has 0 unspecified atom stereocenters. The molecule has 6 aromatic carbocycles. The molecule has 0 saturated heterocycles. The van der Waals surface area contributed by atoms with Crippen molar-refractivity contribution in [2.45, 2.75) is 137 Å². The highest BCUT2D eigenvalue weighted by molar-refractivity contribution is 7.92. The molecule has 0 fully saturated rings. The maximum Gasteiger partial charge on any atom is 0.179 e. The molecule has 17 heteroatoms. The molecule has 0 spiro atoms. The fraction of sp³-hybridized carbons (Fsp3) is 0.463. The molecule has 9 rings (SSSR count). The highest BCUT2D eigenvalue weighted by Gasteiger charge is 2.51. The standard InChI is InChI=1S/C45H56O10S2.C22H28O4S/c1-4-6-21-45(5-2)31-57(50,51)40-29-36(18-20-38(40)42(44(45)47)34-15-11-8-12-16-34)55-27-25-53-23-22-52-24-26-54-35-17-19-37-39(28-35)56(48,49)30-32(3)43(46)41(37)33-13-9-7-10-14-33;1-3-5-13-22(4-2)15-27(25,26)19-14-17(23)11-12-18(19)20(21(22)24)16-9-7-6-8-10-16/h7-20,28-29,32,41-44,46-47H,4-6,21-27,30-31H2,1-3H3;6-12,14,20-21,23-24H,3-5,13,15H2,1-2H3/t32-,41+,42-,43-,44+,45+;20-,21-,22-/m01/s1. The molecule has 9 atom stereocenters. The van der Waals surface area contributed by atoms with Crippen molar-refractivity contribution in [2.75, 3.05) is 56.9 Å². The lowest BCUT2D eigenvalue weighted by atomic mass is 9.69. The molecule has 0 amide bonds. The Balaban J connectivity index is 0.000000284. The third-order valence-corrected chi connectivity index (χ3v) is 23.5. The Hall–Kier alpha value is -5.63. The summed E-state index contributed by atoms with van der Waals surface area (Å²) in [6, 6.07) is 43.3. The molecular weight excluding hydrogens is 1120 g/mol. The van der Waals surface area contributed by atoms with Gasteiger partial charge in [-0.15, -0.1) is 0 Å². The first-order valence-corrected chi connectivity index (χ1v) is 34.6. The van der Waals surface area contributed by atoms with Crippen LogP contribution in [0.5, 0.6) is 17.2 Å². The minimum atomic E-state index is -3.75. The Morgan fingerprint density at radius 1 is 0.464 bits per heavy atom. The van der Waals surface area contributed by atoms with E-state index in [2.05, 4.69) is 13.8 Å². The Labute approximate surface area is 498 Å². The summed E-state index contributed by atoms with van der Waals surface area (Å²) in [6.07, 6.45) is 3.40. The van der Waals surface area contributed by atoms with E-state index in [-0.39, 0.29) is 64.1 Å². The first kappa shape index (κ1) is 64.4. The number of rotatable bonds is 22. The van der Waals surface area contributed by atoms with Crippen LogP contribution in [0.25, 0.3) is 0 Å². The van der Waals surface area contributed by atoms with Gasteiger partial charge in [-0.2, -0.15) is 0 Å². The van der Waals surface area contributed by atoms with Gasteiger partial charge in [0.1, 0.15) is 30.5 Å². The number of sulfone groups is 3. The van der Waals surface area contributed by atoms with Gasteiger partial charge >= 0.3 is 0 Å². The van der Waals surface area contributed by atoms with Gasteiger partial charge in [0.25, 0.3) is 0 Å². The van der Waals surface area contributed by atoms with Crippen molar-refractivity contribution >= 4 is 29.5 Å². The quantitative estimate of drug-likeness (QED) is 0.0465. The molecule has 0 radical (unpaired) electrons. The van der Waals surface area contributed by atoms with Crippen LogP contribution in [0.4, 0.5) is 0 Å². The first-order chi connectivity index (χ1) is 40.2. The molecular formula is C67H84O14S3. The van der Waals surface area contributed by atoms with Crippen LogP contribution in [0.1, 0.15) is 137 Å². The zero-order chi connectivity index (χ0) is 60.3. The second kappa shape index (κ2) is 28.3. The van der Waals surface area contributed by atoms with Crippen molar-refractivity contribution in [3.8, 4) is 17.2 Å². The van der Waals surface area contributed by atoms with E-state index in [4.69, 9.17) is 18.9 Å². The summed E-state index contributed by atoms with van der Waals surface area (Å²) in [5.74, 6) is -1.50. The van der Waals surface area contributed by atoms with Gasteiger partial charge in [0.05, 0.1) is 76.7 Å². The van der Waals surface area contributed by atoms with Crippen LogP contribution in [0, 0.1) is 16.7 Å². The molecule has 0 bridgehead atoms. The van der Waals surface area contributed by atoms with Crippen molar-refractivity contribution in [3.63, 3.8) is 0 Å². The summed E-state index contributed by atoms with van der Waals surface area (Å²) in [5, 5.41) is 44.7. The van der Waals surface area contributed by atoms with E-state index in [1.54, 1.807) is 49.4 Å². The SMILES string of the molecule is CCCC[C@]1(CC)CS(=O)(=O)c2cc(O)ccc2[C@@H](c2ccccc2)[C@H]1O.CCCC[C@]1(CC)CS(=O)(=O)c2cc(OCCOCCOCCOc3ccc4c(c3)S(=O)(=O)C[C@H](C)[C@H](O)[C@@H]4c3ccccc3)ccc2[C@H](c2ccccc2)[C@H]1O. The van der Waals surface area contributed by atoms with E-state index < -0.39 is 82.3 Å². The van der Waals surface area contributed by atoms with E-state index in [0.29, 0.717) is 67.1 Å². The second-order valence-electron chi connectivity index (χ2n) is 23.0. The van der Waals surface area contributed by atoms with Crippen LogP contribution in [0.3, 0.4) is 0 Å². The molecule has 0 aromatic heterocycles. The van der Waals surface area contributed by atoms with Crippen LogP contribution in [-0.2, 0) is 39.0 Å². The van der Waals surface area contributed by atoms with Crippen LogP contribution < -0.4 is 9.47 Å². The predicted octanol–water partition coefficient (Wildman–Crippen LogP) is 11.2. The smallest absolute Gasteiger partial charge is 0.179 e. The van der Waals surface area contributed by atoms with E-state index in [9.17, 15) is 45.7 Å². The third kappa shape index (κ3) is 14.4. The van der Waals surface area contributed by atoms with Gasteiger partial charge in [-0.1, -0.05) is 169 Å². The molecule has 84 heavy (non-hydrogen) atoms. The van der Waals surface area contributed by atoms with Gasteiger partial charge in [0.2, 0.25) is 0 Å². The van der Waals surface area contributed by atoms with E-state index >= 15 is 0 Å². The van der Waals surface area contributed by atoms with Gasteiger partial charge in [-0.3, -0.25) is 0 Å². The first-order valence-electron chi connectivity index (χ1n) is 29.6. The maximum absolute atomic E-state index is 14.0. The Morgan fingerprint density at radius 2 is 0.833 bits per heavy atom. The molecule has 14 nitrogen and oxygen atoms in total. The predicted molar refractivity (Wildman–Crippen MR) is 326 cm³/mol. The molecule has 3 heterocycles. The largest absolute Gasteiger partial charge is 0.508 e. The Bertz CT molecular complexity index is 3450. The minimum Gasteiger partial charge on any atom is -0.508 e. The number of benzene rings is 6. The zero-order valence-corrected chi connectivity index (χ0v) is 51.5. The lowest BCUT2D eigenvalue weighted by Gasteiger charge is -2.39. The fourth-order valence-corrected chi connectivity index (χ4v) is 19.3. The van der Waals surface area contributed by atoms with Crippen LogP contribution >= 0.6 is 0 Å². The Morgan fingerprint density at radius 3 is 1.25 bits per heavy atom. The minimum absolute atomic E-state index is 0.0730. The van der Waals surface area contributed by atoms with Gasteiger partial charge in [0.15, 0.2) is 29.5 Å². The molecule has 6 aromatic rings. The molecule has 454 valence electrons. The average molecular weight is 1210 g/mol. The number of phenols is 1. The number of hydrogen-bond donors (Lipinski definition) is 4. The molecule has 3 aliphatic heterocycles. The summed E-state index contributed by atoms with van der Waals surface area (Å²) in [6.45, 7) is 11.4. The summed E-state index contributed by atoms with van der Waals surface area (Å²) in [4.78, 5) is 0.521. The van der Waals surface area contributed by atoms with Gasteiger partial charge in [-0.25, -0.2) is 25.3 Å². The number of aromatic hydroxyl groups is 1. The monoisotopic (exact) mass is 1210 g/mol. The highest BCUT2D eigenvalue weighted by Crippen LogP contribution is 2.51. The van der Waals surface area contributed by atoms with E-state index in [1.165, 1.54) is 12.1 Å². The number of aliphatic hydroxyl groups is 3. The number of unbranched alkanes of at least 4 members (excludes halogenated alkanes) is 2. The lowest BCUT2D eigenvalue weighted by Crippen LogP contribution is -2.42. The number of phenolic OH excluding ortho intramolecular Hbond substituents is 1. The van der Waals surface area contributed by atoms with Crippen LogP contribution in [0.15, 0.2) is 160 Å². The van der Waals surface area contributed by atoms with Crippen molar-refractivity contribution in [3.05, 3.63) is 179 Å². The summed E-state index contributed by atoms with van der Waals surface area (Å²) < 4.78 is 105. The van der Waals surface area contributed by atoms with Crippen molar-refractivity contribution < 1.29 is 64.6 Å². The number of fused-ring (bicyclic) bond motifs is 3. The zero-order valence-electron chi connectivity index (χ0n) is 49.0. The van der Waals surface area contributed by atoms with Crippen molar-refractivity contribution in [1.82, 2.24) is 0 Å². The summed E-state index contributed by atoms with van der Waals surface area (Å²) in [7, 11) is -11.1. The number of hydrogen-bond acceptors (Lipinski definition) is 14. The van der Waals surface area contributed by atoms with Gasteiger partial charge in [0, 0.05) is 28.6 Å². The molecule has 0 saturated carbocycles. The Kier molecular flexibility index (Phi) is 21.7. The van der Waals surface area contributed by atoms with Gasteiger partial charge < -0.3 is 39.4 Å². The molecule has 3 aliphatic rings. The van der Waals surface area contributed by atoms with Gasteiger partial charge in [-0.05, 0) is 101 Å². The number of ether oxygens (including phenoxy) is 4. The molecule has 0 aliphatic carbocycles. The van der Waals surface area contributed by atoms with Crippen LogP contribution in [-0.4, -0.2) is 121 Å². The summed E-state index contributed by atoms with van der Waals surface area (Å²) in [5.41, 5.74) is 2.85. The molecule has 4 N–H and O–H groups in total. The average Bonchev–Trinajstić information content (AvgIpc) is 2.38. The van der Waals surface area contributed by atoms with E-state index in [1.807, 2.05) is 105 Å². The highest BCUT2D eigenvalue weighted by atomic mass is 32.2. The second-order valence-corrected chi connectivity index (χ2v) is 28.9. The van der Waals surface area contributed by atoms with Crippen molar-refractivity contribution in [2.24, 2.45) is 16.7 Å². The number of aliphatic hydroxyl groups excluding tert-OH is 3. The lowest BCUT2D eigenvalue weighted by molar-refractivity contribution is 0.0173. The summed E-state index contributed by atoms with van der Waals surface area (Å²) >= 11 is 0.